The summed E-state index contributed by atoms with van der Waals surface area (Å²) in [5.41, 5.74) is 1.94. The van der Waals surface area contributed by atoms with Crippen molar-refractivity contribution in [2.24, 2.45) is 0 Å². The normalized spacial score (nSPS) is 17.5. The lowest BCUT2D eigenvalue weighted by Gasteiger charge is -2.43. The topological polar surface area (TPSA) is 186 Å². The largest absolute Gasteiger partial charge is 0.395 e. The molecule has 4 aromatic carbocycles. The summed E-state index contributed by atoms with van der Waals surface area (Å²) < 4.78 is 59.1. The Morgan fingerprint density at radius 2 is 0.912 bits per heavy atom. The van der Waals surface area contributed by atoms with Crippen LogP contribution in [0.25, 0.3) is 21.5 Å². The van der Waals surface area contributed by atoms with Gasteiger partial charge in [-0.15, -0.1) is 49.6 Å². The van der Waals surface area contributed by atoms with Gasteiger partial charge >= 0.3 is 0 Å². The third-order valence-electron chi connectivity index (χ3n) is 12.5. The van der Waals surface area contributed by atoms with Crippen LogP contribution in [0, 0.1) is 0 Å². The molecule has 1 heterocycles. The molecule has 0 saturated carbocycles. The molecule has 4 aromatic rings. The molecule has 1 aliphatic heterocycles. The number of piperidine rings is 1. The van der Waals surface area contributed by atoms with Gasteiger partial charge in [0.05, 0.1) is 28.5 Å². The van der Waals surface area contributed by atoms with Crippen LogP contribution in [0.3, 0.4) is 0 Å². The summed E-state index contributed by atoms with van der Waals surface area (Å²) >= 11 is 0. The first kappa shape index (κ1) is 63.8. The molecule has 0 bridgehead atoms. The molecule has 4 atom stereocenters. The molecule has 6 N–H and O–H groups in total. The Morgan fingerprint density at radius 1 is 0.529 bits per heavy atom. The lowest BCUT2D eigenvalue weighted by molar-refractivity contribution is -0.145. The fourth-order valence-electron chi connectivity index (χ4n) is 8.95. The molecule has 5 rings (SSSR count). The van der Waals surface area contributed by atoms with E-state index < -0.39 is 44.4 Å². The SMILES string of the molecule is CN(C)c1cccc2c(S(=O)(=O)NCCCCCCN(CCCCCCNS(=O)(=O)c3cccc4c(N(C)C)cccc34)CCCCCCN3C[C@H](O)[C@@H](O)[C@@H](O)[C@H]3CO)cccc12.Cl.Cl.Cl.Cl. The molecule has 1 fully saturated rings. The molecule has 0 aliphatic carbocycles. The lowest BCUT2D eigenvalue weighted by Crippen LogP contribution is -2.62. The van der Waals surface area contributed by atoms with E-state index >= 15 is 0 Å². The highest BCUT2D eigenvalue weighted by Crippen LogP contribution is 2.31. The first-order valence-electron chi connectivity index (χ1n) is 23.1. The molecule has 0 radical (unpaired) electrons. The zero-order valence-electron chi connectivity index (χ0n) is 40.0. The zero-order chi connectivity index (χ0) is 46.3. The van der Waals surface area contributed by atoms with Crippen molar-refractivity contribution in [3.05, 3.63) is 72.8 Å². The number of hydrogen-bond donors (Lipinski definition) is 6. The van der Waals surface area contributed by atoms with Crippen LogP contribution >= 0.6 is 49.6 Å². The number of nitrogens with one attached hydrogen (secondary N) is 2. The van der Waals surface area contributed by atoms with Gasteiger partial charge in [-0.3, -0.25) is 4.90 Å². The fraction of sp³-hybridized carbons (Fsp3) is 0.583. The summed E-state index contributed by atoms with van der Waals surface area (Å²) in [6.07, 6.45) is 7.67. The van der Waals surface area contributed by atoms with Crippen LogP contribution in [0.4, 0.5) is 11.4 Å². The maximum absolute atomic E-state index is 13.4. The second-order valence-electron chi connectivity index (χ2n) is 17.7. The number of likely N-dealkylation sites (tertiary alicyclic amines) is 1. The number of anilines is 2. The molecular formula is C48H78Cl4N6O8S2. The van der Waals surface area contributed by atoms with Crippen molar-refractivity contribution < 1.29 is 37.3 Å². The first-order valence-corrected chi connectivity index (χ1v) is 26.1. The number of sulfonamides is 2. The summed E-state index contributed by atoms with van der Waals surface area (Å²) in [5, 5.41) is 43.5. The number of unbranched alkanes of at least 4 members (excludes halogenated alkanes) is 9. The van der Waals surface area contributed by atoms with E-state index in [-0.39, 0.29) is 62.8 Å². The number of aliphatic hydroxyl groups is 4. The number of nitrogens with zero attached hydrogens (tertiary/aromatic N) is 4. The Kier molecular flexibility index (Phi) is 29.3. The molecule has 1 saturated heterocycles. The van der Waals surface area contributed by atoms with Crippen molar-refractivity contribution in [2.75, 3.05) is 90.4 Å². The molecule has 0 unspecified atom stereocenters. The van der Waals surface area contributed by atoms with E-state index in [9.17, 15) is 37.3 Å². The minimum absolute atomic E-state index is 0. The minimum Gasteiger partial charge on any atom is -0.395 e. The lowest BCUT2D eigenvalue weighted by atomic mass is 9.94. The highest BCUT2D eigenvalue weighted by molar-refractivity contribution is 7.90. The molecule has 68 heavy (non-hydrogen) atoms. The van der Waals surface area contributed by atoms with E-state index in [0.29, 0.717) is 40.2 Å². The van der Waals surface area contributed by atoms with Gasteiger partial charge in [0, 0.05) is 80.7 Å². The molecule has 0 spiro atoms. The predicted molar refractivity (Wildman–Crippen MR) is 288 cm³/mol. The number of rotatable bonds is 28. The van der Waals surface area contributed by atoms with E-state index in [1.807, 2.05) is 91.4 Å². The van der Waals surface area contributed by atoms with Crippen LogP contribution in [-0.4, -0.2) is 152 Å². The predicted octanol–water partition coefficient (Wildman–Crippen LogP) is 6.81. The average molecular weight is 1070 g/mol. The number of aliphatic hydroxyl groups excluding tert-OH is 4. The van der Waals surface area contributed by atoms with Crippen LogP contribution in [0.1, 0.15) is 77.0 Å². The zero-order valence-corrected chi connectivity index (χ0v) is 44.9. The summed E-state index contributed by atoms with van der Waals surface area (Å²) in [4.78, 5) is 8.94. The third-order valence-corrected chi connectivity index (χ3v) is 15.6. The molecule has 14 nitrogen and oxygen atoms in total. The van der Waals surface area contributed by atoms with Crippen molar-refractivity contribution in [2.45, 2.75) is 111 Å². The quantitative estimate of drug-likeness (QED) is 0.0327. The van der Waals surface area contributed by atoms with Crippen molar-refractivity contribution in [3.63, 3.8) is 0 Å². The van der Waals surface area contributed by atoms with Crippen molar-refractivity contribution in [1.29, 1.82) is 0 Å². The molecule has 388 valence electrons. The van der Waals surface area contributed by atoms with Gasteiger partial charge in [0.2, 0.25) is 20.0 Å². The van der Waals surface area contributed by atoms with Gasteiger partial charge in [-0.05, 0) is 89.0 Å². The molecule has 0 aromatic heterocycles. The van der Waals surface area contributed by atoms with Crippen molar-refractivity contribution >= 4 is 103 Å². The average Bonchev–Trinajstić information content (AvgIpc) is 3.27. The van der Waals surface area contributed by atoms with E-state index in [2.05, 4.69) is 14.3 Å². The highest BCUT2D eigenvalue weighted by atomic mass is 35.5. The van der Waals surface area contributed by atoms with E-state index in [1.165, 1.54) is 0 Å². The van der Waals surface area contributed by atoms with Gasteiger partial charge in [-0.2, -0.15) is 0 Å². The molecule has 20 heteroatoms. The second kappa shape index (κ2) is 31.3. The summed E-state index contributed by atoms with van der Waals surface area (Å²) in [7, 11) is 0.432. The Balaban J connectivity index is 0.00000578. The van der Waals surface area contributed by atoms with Gasteiger partial charge in [-0.25, -0.2) is 26.3 Å². The van der Waals surface area contributed by atoms with Gasteiger partial charge in [0.1, 0.15) is 12.2 Å². The van der Waals surface area contributed by atoms with Crippen molar-refractivity contribution in [1.82, 2.24) is 19.2 Å². The van der Waals surface area contributed by atoms with Crippen LogP contribution in [0.2, 0.25) is 0 Å². The number of benzene rings is 4. The monoisotopic (exact) mass is 1070 g/mol. The first-order chi connectivity index (χ1) is 30.7. The minimum atomic E-state index is -3.68. The van der Waals surface area contributed by atoms with E-state index in [4.69, 9.17) is 0 Å². The van der Waals surface area contributed by atoms with Gasteiger partial charge in [-0.1, -0.05) is 87.1 Å². The standard InChI is InChI=1S/C48H74N6O8S2.4ClH/c1-51(2)41-25-17-23-39-37(41)21-19-27-45(39)63(59,60)49-29-11-5-7-13-31-53(33-15-9-10-16-34-54-35-44(56)48(58)47(57)43(54)36-55)32-14-8-6-12-30-50-64(61,62)46-28-20-22-38-40(46)24-18-26-42(38)52(3)4;;;;/h17-28,43-44,47-50,55-58H,5-16,29-36H2,1-4H3;4*1H/t43-,44+,47+,48-;;;;/m1..../s1. The van der Waals surface area contributed by atoms with E-state index in [0.717, 1.165) is 119 Å². The van der Waals surface area contributed by atoms with Crippen molar-refractivity contribution in [3.8, 4) is 0 Å². The highest BCUT2D eigenvalue weighted by Gasteiger charge is 2.40. The smallest absolute Gasteiger partial charge is 0.241 e. The summed E-state index contributed by atoms with van der Waals surface area (Å²) in [6.45, 7) is 4.16. The van der Waals surface area contributed by atoms with Crippen LogP contribution in [0.15, 0.2) is 82.6 Å². The molecular weight excluding hydrogens is 995 g/mol. The van der Waals surface area contributed by atoms with Crippen LogP contribution in [-0.2, 0) is 20.0 Å². The number of hydrogen-bond acceptors (Lipinski definition) is 12. The maximum atomic E-state index is 13.4. The third kappa shape index (κ3) is 17.8. The van der Waals surface area contributed by atoms with Gasteiger partial charge in [0.25, 0.3) is 0 Å². The second-order valence-corrected chi connectivity index (χ2v) is 21.2. The summed E-state index contributed by atoms with van der Waals surface area (Å²) in [5.74, 6) is 0. The van der Waals surface area contributed by atoms with Gasteiger partial charge in [0.15, 0.2) is 0 Å². The Morgan fingerprint density at radius 3 is 1.32 bits per heavy atom. The fourth-order valence-corrected chi connectivity index (χ4v) is 11.5. The van der Waals surface area contributed by atoms with E-state index in [1.54, 1.807) is 24.3 Å². The van der Waals surface area contributed by atoms with Crippen LogP contribution < -0.4 is 19.2 Å². The Hall–Kier alpha value is -2.26. The Labute approximate surface area is 431 Å². The molecule has 1 aliphatic rings. The Bertz CT molecular complexity index is 2170. The summed E-state index contributed by atoms with van der Waals surface area (Å²) in [6, 6.07) is 21.7. The number of halogens is 4. The van der Waals surface area contributed by atoms with Crippen LogP contribution in [0.5, 0.6) is 0 Å². The van der Waals surface area contributed by atoms with Gasteiger partial charge < -0.3 is 35.1 Å². The molecule has 0 amide bonds. The number of fused-ring (bicyclic) bond motifs is 2. The maximum Gasteiger partial charge on any atom is 0.241 e. The number of β-amino-alcohol motifs (C(OH)–C–C–N with tert-alkyl or cyclic N) is 1.